The van der Waals surface area contributed by atoms with Crippen molar-refractivity contribution in [2.24, 2.45) is 0 Å². The van der Waals surface area contributed by atoms with Gasteiger partial charge in [-0.2, -0.15) is 0 Å². The number of carbonyl (C=O) groups is 2. The Morgan fingerprint density at radius 2 is 1.59 bits per heavy atom. The van der Waals surface area contributed by atoms with Crippen LogP contribution >= 0.6 is 11.6 Å². The van der Waals surface area contributed by atoms with Crippen molar-refractivity contribution in [3.63, 3.8) is 0 Å². The standard InChI is InChI=1S/C19H21ClN2O5/c1-12(23)22(15-9-13(20)5-7-16(15)25-2)11-19(24)21-14-6-8-17(26-3)18(10-14)27-4/h5-10H,11H2,1-4H3,(H,21,24). The number of amides is 2. The zero-order chi connectivity index (χ0) is 20.0. The van der Waals surface area contributed by atoms with Crippen molar-refractivity contribution in [3.8, 4) is 17.2 Å². The quantitative estimate of drug-likeness (QED) is 0.781. The summed E-state index contributed by atoms with van der Waals surface area (Å²) in [5.41, 5.74) is 0.930. The summed E-state index contributed by atoms with van der Waals surface area (Å²) in [5, 5.41) is 3.16. The minimum Gasteiger partial charge on any atom is -0.495 e. The number of nitrogens with zero attached hydrogens (tertiary/aromatic N) is 1. The molecule has 2 aromatic rings. The maximum atomic E-state index is 12.5. The molecule has 2 amide bonds. The Kier molecular flexibility index (Phi) is 6.90. The van der Waals surface area contributed by atoms with Gasteiger partial charge in [0.1, 0.15) is 12.3 Å². The second-order valence-electron chi connectivity index (χ2n) is 5.54. The van der Waals surface area contributed by atoms with Crippen LogP contribution in [0.15, 0.2) is 36.4 Å². The summed E-state index contributed by atoms with van der Waals surface area (Å²) in [7, 11) is 4.51. The summed E-state index contributed by atoms with van der Waals surface area (Å²) >= 11 is 6.03. The summed E-state index contributed by atoms with van der Waals surface area (Å²) in [6.07, 6.45) is 0. The SMILES string of the molecule is COc1ccc(NC(=O)CN(C(C)=O)c2cc(Cl)ccc2OC)cc1OC. The Hall–Kier alpha value is -2.93. The topological polar surface area (TPSA) is 77.1 Å². The molecule has 8 heteroatoms. The lowest BCUT2D eigenvalue weighted by Crippen LogP contribution is -2.36. The van der Waals surface area contributed by atoms with Crippen LogP contribution in [0, 0.1) is 0 Å². The Morgan fingerprint density at radius 1 is 0.963 bits per heavy atom. The van der Waals surface area contributed by atoms with Crippen LogP contribution in [0.3, 0.4) is 0 Å². The molecule has 0 radical (unpaired) electrons. The van der Waals surface area contributed by atoms with E-state index < -0.39 is 0 Å². The van der Waals surface area contributed by atoms with Gasteiger partial charge in [-0.1, -0.05) is 11.6 Å². The van der Waals surface area contributed by atoms with E-state index in [1.807, 2.05) is 0 Å². The fourth-order valence-electron chi connectivity index (χ4n) is 2.50. The van der Waals surface area contributed by atoms with E-state index >= 15 is 0 Å². The van der Waals surface area contributed by atoms with Crippen molar-refractivity contribution >= 4 is 34.8 Å². The van der Waals surface area contributed by atoms with Crippen LogP contribution in [-0.2, 0) is 9.59 Å². The van der Waals surface area contributed by atoms with Crippen molar-refractivity contribution in [2.45, 2.75) is 6.92 Å². The zero-order valence-corrected chi connectivity index (χ0v) is 16.3. The smallest absolute Gasteiger partial charge is 0.244 e. The number of benzene rings is 2. The number of anilines is 2. The van der Waals surface area contributed by atoms with Crippen LogP contribution in [0.2, 0.25) is 5.02 Å². The number of carbonyl (C=O) groups excluding carboxylic acids is 2. The molecular formula is C19H21ClN2O5. The summed E-state index contributed by atoms with van der Waals surface area (Å²) in [6, 6.07) is 9.85. The first kappa shape index (κ1) is 20.4. The van der Waals surface area contributed by atoms with Crippen LogP contribution in [0.5, 0.6) is 17.2 Å². The van der Waals surface area contributed by atoms with Gasteiger partial charge in [-0.3, -0.25) is 14.5 Å². The summed E-state index contributed by atoms with van der Waals surface area (Å²) in [4.78, 5) is 25.9. The number of methoxy groups -OCH3 is 3. The lowest BCUT2D eigenvalue weighted by molar-refractivity contribution is -0.120. The third-order valence-electron chi connectivity index (χ3n) is 3.78. The van der Waals surface area contributed by atoms with Crippen LogP contribution in [0.4, 0.5) is 11.4 Å². The molecule has 0 unspecified atom stereocenters. The second kappa shape index (κ2) is 9.14. The number of nitrogens with one attached hydrogen (secondary N) is 1. The summed E-state index contributed by atoms with van der Waals surface area (Å²) < 4.78 is 15.7. The summed E-state index contributed by atoms with van der Waals surface area (Å²) in [6.45, 7) is 1.16. The van der Waals surface area contributed by atoms with Crippen LogP contribution < -0.4 is 24.4 Å². The van der Waals surface area contributed by atoms with Gasteiger partial charge in [-0.25, -0.2) is 0 Å². The van der Waals surface area contributed by atoms with Crippen molar-refractivity contribution in [3.05, 3.63) is 41.4 Å². The number of ether oxygens (including phenoxy) is 3. The molecule has 0 spiro atoms. The molecule has 2 rings (SSSR count). The van der Waals surface area contributed by atoms with E-state index in [2.05, 4.69) is 5.32 Å². The second-order valence-corrected chi connectivity index (χ2v) is 5.98. The molecule has 0 aliphatic heterocycles. The van der Waals surface area contributed by atoms with Crippen molar-refractivity contribution in [1.82, 2.24) is 0 Å². The third kappa shape index (κ3) is 5.04. The maximum Gasteiger partial charge on any atom is 0.244 e. The molecule has 27 heavy (non-hydrogen) atoms. The predicted octanol–water partition coefficient (Wildman–Crippen LogP) is 3.36. The van der Waals surface area contributed by atoms with Crippen LogP contribution in [0.1, 0.15) is 6.92 Å². The summed E-state index contributed by atoms with van der Waals surface area (Å²) in [5.74, 6) is 0.755. The molecule has 0 bridgehead atoms. The van der Waals surface area contributed by atoms with E-state index in [4.69, 9.17) is 25.8 Å². The Balaban J connectivity index is 2.21. The molecule has 0 atom stereocenters. The number of hydrogen-bond acceptors (Lipinski definition) is 5. The first-order chi connectivity index (χ1) is 12.9. The largest absolute Gasteiger partial charge is 0.495 e. The maximum absolute atomic E-state index is 12.5. The van der Waals surface area contributed by atoms with Crippen LogP contribution in [0.25, 0.3) is 0 Å². The predicted molar refractivity (Wildman–Crippen MR) is 104 cm³/mol. The average Bonchev–Trinajstić information content (AvgIpc) is 2.65. The Morgan fingerprint density at radius 3 is 2.19 bits per heavy atom. The number of rotatable bonds is 7. The highest BCUT2D eigenvalue weighted by atomic mass is 35.5. The molecule has 0 aromatic heterocycles. The first-order valence-electron chi connectivity index (χ1n) is 8.03. The molecule has 0 aliphatic carbocycles. The highest BCUT2D eigenvalue weighted by molar-refractivity contribution is 6.31. The number of hydrogen-bond donors (Lipinski definition) is 1. The van der Waals surface area contributed by atoms with E-state index in [1.54, 1.807) is 36.4 Å². The molecule has 1 N–H and O–H groups in total. The van der Waals surface area contributed by atoms with E-state index in [-0.39, 0.29) is 18.4 Å². The van der Waals surface area contributed by atoms with E-state index in [1.165, 1.54) is 33.2 Å². The van der Waals surface area contributed by atoms with Gasteiger partial charge in [-0.05, 0) is 30.3 Å². The van der Waals surface area contributed by atoms with Gasteiger partial charge in [0, 0.05) is 23.7 Å². The lowest BCUT2D eigenvalue weighted by Gasteiger charge is -2.23. The first-order valence-corrected chi connectivity index (χ1v) is 8.41. The fraction of sp³-hybridized carbons (Fsp3) is 0.263. The normalized spacial score (nSPS) is 10.1. The molecule has 0 saturated heterocycles. The van der Waals surface area contributed by atoms with Gasteiger partial charge in [0.05, 0.1) is 27.0 Å². The lowest BCUT2D eigenvalue weighted by atomic mass is 10.2. The fourth-order valence-corrected chi connectivity index (χ4v) is 2.66. The van der Waals surface area contributed by atoms with Gasteiger partial charge in [0.25, 0.3) is 0 Å². The highest BCUT2D eigenvalue weighted by Gasteiger charge is 2.20. The van der Waals surface area contributed by atoms with Gasteiger partial charge < -0.3 is 19.5 Å². The number of halogens is 1. The van der Waals surface area contributed by atoms with E-state index in [0.717, 1.165) is 0 Å². The van der Waals surface area contributed by atoms with Gasteiger partial charge in [0.2, 0.25) is 11.8 Å². The van der Waals surface area contributed by atoms with Crippen molar-refractivity contribution in [1.29, 1.82) is 0 Å². The van der Waals surface area contributed by atoms with Crippen LogP contribution in [-0.4, -0.2) is 39.7 Å². The molecule has 2 aromatic carbocycles. The third-order valence-corrected chi connectivity index (χ3v) is 4.02. The van der Waals surface area contributed by atoms with Crippen molar-refractivity contribution in [2.75, 3.05) is 38.1 Å². The monoisotopic (exact) mass is 392 g/mol. The molecule has 7 nitrogen and oxygen atoms in total. The molecule has 0 saturated carbocycles. The molecular weight excluding hydrogens is 372 g/mol. The molecule has 0 heterocycles. The van der Waals surface area contributed by atoms with Gasteiger partial charge >= 0.3 is 0 Å². The average molecular weight is 393 g/mol. The molecule has 0 fully saturated rings. The Bertz CT molecular complexity index is 841. The van der Waals surface area contributed by atoms with Gasteiger partial charge in [-0.15, -0.1) is 0 Å². The zero-order valence-electron chi connectivity index (χ0n) is 15.5. The highest BCUT2D eigenvalue weighted by Crippen LogP contribution is 2.32. The van der Waals surface area contributed by atoms with E-state index in [9.17, 15) is 9.59 Å². The van der Waals surface area contributed by atoms with Gasteiger partial charge in [0.15, 0.2) is 11.5 Å². The van der Waals surface area contributed by atoms with Crippen molar-refractivity contribution < 1.29 is 23.8 Å². The minimum atomic E-state index is -0.389. The molecule has 0 aliphatic rings. The molecule has 144 valence electrons. The Labute approximate surface area is 162 Å². The van der Waals surface area contributed by atoms with E-state index in [0.29, 0.717) is 33.6 Å². The minimum absolute atomic E-state index is 0.208.